The van der Waals surface area contributed by atoms with E-state index in [1.165, 1.54) is 0 Å². The second kappa shape index (κ2) is 9.75. The first-order valence-electron chi connectivity index (χ1n) is 13.0. The minimum atomic E-state index is -1.24. The number of benzene rings is 1. The van der Waals surface area contributed by atoms with Gasteiger partial charge in [-0.25, -0.2) is 4.98 Å². The number of aromatic nitrogens is 1. The highest BCUT2D eigenvalue weighted by atomic mass is 16.5. The van der Waals surface area contributed by atoms with Crippen LogP contribution < -0.4 is 0 Å². The van der Waals surface area contributed by atoms with Gasteiger partial charge < -0.3 is 19.4 Å². The van der Waals surface area contributed by atoms with Crippen molar-refractivity contribution in [3.8, 4) is 0 Å². The van der Waals surface area contributed by atoms with Gasteiger partial charge >= 0.3 is 5.97 Å². The zero-order valence-electron chi connectivity index (χ0n) is 22.2. The number of fused-ring (bicyclic) bond motifs is 2. The maximum atomic E-state index is 13.2. The van der Waals surface area contributed by atoms with Crippen molar-refractivity contribution in [1.29, 1.82) is 0 Å². The molecule has 4 rings (SSSR count). The fraction of sp³-hybridized carbons (Fsp3) is 0.621. The predicted octanol–water partition coefficient (Wildman–Crippen LogP) is 5.08. The molecule has 7 heteroatoms. The number of nitrogens with zero attached hydrogens (tertiary/aromatic N) is 1. The van der Waals surface area contributed by atoms with Crippen LogP contribution in [0.25, 0.3) is 11.1 Å². The number of cyclic esters (lactones) is 1. The van der Waals surface area contributed by atoms with Gasteiger partial charge in [0.15, 0.2) is 11.5 Å². The van der Waals surface area contributed by atoms with Gasteiger partial charge in [-0.2, -0.15) is 0 Å². The summed E-state index contributed by atoms with van der Waals surface area (Å²) < 4.78 is 11.6. The van der Waals surface area contributed by atoms with Gasteiger partial charge in [-0.15, -0.1) is 0 Å². The van der Waals surface area contributed by atoms with E-state index in [0.717, 1.165) is 18.4 Å². The highest BCUT2D eigenvalue weighted by molar-refractivity contribution is 5.88. The minimum absolute atomic E-state index is 0.0837. The van der Waals surface area contributed by atoms with Crippen molar-refractivity contribution in [3.63, 3.8) is 0 Å². The number of ketones is 1. The number of Topliss-reactive ketones (excluding diaryl/α,β-unsaturated/α-hetero) is 1. The number of hydrogen-bond donors (Lipinski definition) is 2. The molecule has 2 aliphatic rings. The summed E-state index contributed by atoms with van der Waals surface area (Å²) >= 11 is 0. The molecule has 1 saturated carbocycles. The molecule has 196 valence electrons. The molecule has 2 unspecified atom stereocenters. The molecule has 1 fully saturated rings. The SMILES string of the molecule is Cc1nc2cc([C@@H]3CC4CC4(C)C/C=C/[C@H](C)[C@H](O)[C@@H](C)C(=O)C(C)(C)[C@@H](O)CC(=O)O3)ccc2o1. The molecule has 2 heterocycles. The number of oxazole rings is 1. The van der Waals surface area contributed by atoms with Crippen molar-refractivity contribution in [3.05, 3.63) is 41.8 Å². The summed E-state index contributed by atoms with van der Waals surface area (Å²) in [6, 6.07) is 5.64. The third kappa shape index (κ3) is 5.28. The molecule has 0 radical (unpaired) electrons. The van der Waals surface area contributed by atoms with Gasteiger partial charge in [0.05, 0.1) is 24.0 Å². The molecule has 0 spiro atoms. The zero-order chi connectivity index (χ0) is 26.4. The van der Waals surface area contributed by atoms with Gasteiger partial charge in [0.25, 0.3) is 0 Å². The van der Waals surface area contributed by atoms with Gasteiger partial charge in [0, 0.05) is 18.8 Å². The number of carbonyl (C=O) groups excluding carboxylic acids is 2. The van der Waals surface area contributed by atoms with E-state index in [0.29, 0.717) is 29.3 Å². The molecule has 36 heavy (non-hydrogen) atoms. The average molecular weight is 498 g/mol. The van der Waals surface area contributed by atoms with Crippen LogP contribution in [0.2, 0.25) is 0 Å². The van der Waals surface area contributed by atoms with Crippen LogP contribution in [0.1, 0.15) is 77.9 Å². The number of esters is 1. The Morgan fingerprint density at radius 1 is 1.11 bits per heavy atom. The number of hydrogen-bond acceptors (Lipinski definition) is 7. The molecule has 1 aliphatic carbocycles. The van der Waals surface area contributed by atoms with E-state index in [9.17, 15) is 19.8 Å². The number of aryl methyl sites for hydroxylation is 1. The first kappa shape index (κ1) is 26.6. The molecular weight excluding hydrogens is 458 g/mol. The first-order chi connectivity index (χ1) is 16.8. The van der Waals surface area contributed by atoms with E-state index in [1.54, 1.807) is 27.7 Å². The molecule has 2 aromatic rings. The van der Waals surface area contributed by atoms with E-state index in [4.69, 9.17) is 9.15 Å². The minimum Gasteiger partial charge on any atom is -0.457 e. The molecule has 1 aromatic carbocycles. The van der Waals surface area contributed by atoms with E-state index in [1.807, 2.05) is 31.2 Å². The lowest BCUT2D eigenvalue weighted by molar-refractivity contribution is -0.156. The van der Waals surface area contributed by atoms with Crippen molar-refractivity contribution in [1.82, 2.24) is 4.98 Å². The number of allylic oxidation sites excluding steroid dienone is 1. The normalized spacial score (nSPS) is 36.8. The standard InChI is InChI=1S/C29H39NO6/c1-16-8-7-11-29(6)15-20(29)13-23(19-9-10-22-21(12-19)30-18(3)35-22)36-25(32)14-24(31)28(4,5)27(34)17(2)26(16)33/h7-10,12,16-17,20,23-24,26,31,33H,11,13-15H2,1-6H3/b8-7+/t16-,17+,20?,23-,24-,26-,29?/m0/s1. The van der Waals surface area contributed by atoms with Gasteiger partial charge in [-0.1, -0.05) is 52.8 Å². The second-order valence-electron chi connectivity index (χ2n) is 11.8. The molecule has 1 aliphatic heterocycles. The lowest BCUT2D eigenvalue weighted by atomic mass is 9.73. The fourth-order valence-corrected chi connectivity index (χ4v) is 5.54. The molecule has 7 nitrogen and oxygen atoms in total. The lowest BCUT2D eigenvalue weighted by Crippen LogP contribution is -2.45. The summed E-state index contributed by atoms with van der Waals surface area (Å²) in [5.41, 5.74) is 1.09. The number of rotatable bonds is 1. The molecule has 0 saturated heterocycles. The Labute approximate surface area is 212 Å². The third-order valence-corrected chi connectivity index (χ3v) is 8.52. The summed E-state index contributed by atoms with van der Waals surface area (Å²) in [5, 5.41) is 21.7. The first-order valence-corrected chi connectivity index (χ1v) is 13.0. The molecule has 0 amide bonds. The van der Waals surface area contributed by atoms with Gasteiger partial charge in [-0.3, -0.25) is 9.59 Å². The fourth-order valence-electron chi connectivity index (χ4n) is 5.54. The molecule has 2 N–H and O–H groups in total. The molecule has 1 aromatic heterocycles. The summed E-state index contributed by atoms with van der Waals surface area (Å²) in [6.07, 6.45) is 3.70. The lowest BCUT2D eigenvalue weighted by Gasteiger charge is -2.34. The van der Waals surface area contributed by atoms with E-state index < -0.39 is 35.6 Å². The average Bonchev–Trinajstić information content (AvgIpc) is 3.28. The number of ether oxygens (including phenoxy) is 1. The van der Waals surface area contributed by atoms with Crippen LogP contribution in [0.5, 0.6) is 0 Å². The van der Waals surface area contributed by atoms with Crippen molar-refractivity contribution in [2.24, 2.45) is 28.6 Å². The predicted molar refractivity (Wildman–Crippen MR) is 136 cm³/mol. The van der Waals surface area contributed by atoms with Crippen molar-refractivity contribution < 1.29 is 29.0 Å². The van der Waals surface area contributed by atoms with Crippen LogP contribution in [0, 0.1) is 35.5 Å². The zero-order valence-corrected chi connectivity index (χ0v) is 22.2. The largest absolute Gasteiger partial charge is 0.457 e. The highest BCUT2D eigenvalue weighted by Gasteiger charge is 2.50. The maximum absolute atomic E-state index is 13.2. The topological polar surface area (TPSA) is 110 Å². The molecule has 7 atom stereocenters. The van der Waals surface area contributed by atoms with Gasteiger partial charge in [0.1, 0.15) is 17.4 Å². The van der Waals surface area contributed by atoms with Crippen molar-refractivity contribution in [2.75, 3.05) is 0 Å². The Morgan fingerprint density at radius 3 is 2.56 bits per heavy atom. The summed E-state index contributed by atoms with van der Waals surface area (Å²) in [7, 11) is 0. The monoisotopic (exact) mass is 497 g/mol. The van der Waals surface area contributed by atoms with Crippen LogP contribution in [0.4, 0.5) is 0 Å². The summed E-state index contributed by atoms with van der Waals surface area (Å²) in [4.78, 5) is 30.7. The van der Waals surface area contributed by atoms with Gasteiger partial charge in [0.2, 0.25) is 0 Å². The number of aliphatic hydroxyl groups is 2. The quantitative estimate of drug-likeness (QED) is 0.418. The Bertz CT molecular complexity index is 1170. The highest BCUT2D eigenvalue weighted by Crippen LogP contribution is 2.59. The van der Waals surface area contributed by atoms with Crippen molar-refractivity contribution >= 4 is 22.9 Å². The van der Waals surface area contributed by atoms with Crippen LogP contribution in [0.3, 0.4) is 0 Å². The second-order valence-corrected chi connectivity index (χ2v) is 11.8. The maximum Gasteiger partial charge on any atom is 0.309 e. The van der Waals surface area contributed by atoms with Gasteiger partial charge in [-0.05, 0) is 48.3 Å². The smallest absolute Gasteiger partial charge is 0.309 e. The van der Waals surface area contributed by atoms with Crippen LogP contribution >= 0.6 is 0 Å². The summed E-state index contributed by atoms with van der Waals surface area (Å²) in [5.74, 6) is -0.790. The Hall–Kier alpha value is -2.51. The number of aliphatic hydroxyl groups excluding tert-OH is 2. The number of carbonyl (C=O) groups is 2. The third-order valence-electron chi connectivity index (χ3n) is 8.52. The van der Waals surface area contributed by atoms with Crippen LogP contribution in [0.15, 0.2) is 34.8 Å². The Balaban J connectivity index is 1.65. The van der Waals surface area contributed by atoms with Crippen LogP contribution in [-0.2, 0) is 14.3 Å². The summed E-state index contributed by atoms with van der Waals surface area (Å²) in [6.45, 7) is 10.8. The Kier molecular flexibility index (Phi) is 7.19. The van der Waals surface area contributed by atoms with E-state index in [-0.39, 0.29) is 23.5 Å². The molecular formula is C29H39NO6. The van der Waals surface area contributed by atoms with Crippen LogP contribution in [-0.4, -0.2) is 39.2 Å². The molecule has 0 bridgehead atoms. The van der Waals surface area contributed by atoms with E-state index >= 15 is 0 Å². The Morgan fingerprint density at radius 2 is 1.83 bits per heavy atom. The van der Waals surface area contributed by atoms with Crippen molar-refractivity contribution in [2.45, 2.75) is 85.5 Å². The van der Waals surface area contributed by atoms with E-state index in [2.05, 4.69) is 18.0 Å².